The second-order valence-corrected chi connectivity index (χ2v) is 4.88. The first-order valence-corrected chi connectivity index (χ1v) is 6.75. The van der Waals surface area contributed by atoms with Crippen LogP contribution in [-0.4, -0.2) is 53.0 Å². The molecule has 1 fully saturated rings. The molecule has 1 N–H and O–H groups in total. The van der Waals surface area contributed by atoms with Gasteiger partial charge in [-0.1, -0.05) is 0 Å². The highest BCUT2D eigenvalue weighted by Crippen LogP contribution is 2.30. The molecule has 9 heteroatoms. The van der Waals surface area contributed by atoms with E-state index >= 15 is 0 Å². The van der Waals surface area contributed by atoms with E-state index < -0.39 is 23.6 Å². The lowest BCUT2D eigenvalue weighted by Crippen LogP contribution is -2.48. The number of piperazine rings is 1. The van der Waals surface area contributed by atoms with Crippen molar-refractivity contribution < 1.29 is 27.9 Å². The van der Waals surface area contributed by atoms with Crippen LogP contribution in [0.15, 0.2) is 30.5 Å². The van der Waals surface area contributed by atoms with Gasteiger partial charge in [0.05, 0.1) is 5.56 Å². The van der Waals surface area contributed by atoms with Crippen LogP contribution in [0.1, 0.15) is 5.56 Å². The molecule has 0 saturated carbocycles. The number of nitrogens with zero attached hydrogens (tertiary/aromatic N) is 3. The molecule has 0 aliphatic carbocycles. The number of carbonyl (C=O) groups is 2. The molecule has 0 atom stereocenters. The summed E-state index contributed by atoms with van der Waals surface area (Å²) in [5.41, 5.74) is -0.773. The Bertz CT molecular complexity index is 623. The summed E-state index contributed by atoms with van der Waals surface area (Å²) in [5.74, 6) is -1.46. The third-order valence-electron chi connectivity index (χ3n) is 3.36. The van der Waals surface area contributed by atoms with Crippen molar-refractivity contribution in [3.05, 3.63) is 36.0 Å². The molecule has 0 bridgehead atoms. The summed E-state index contributed by atoms with van der Waals surface area (Å²) in [6, 6.07) is 1.88. The highest BCUT2D eigenvalue weighted by Gasteiger charge is 2.31. The molecule has 6 nitrogen and oxygen atoms in total. The predicted molar refractivity (Wildman–Crippen MR) is 74.8 cm³/mol. The van der Waals surface area contributed by atoms with Gasteiger partial charge in [0, 0.05) is 44.5 Å². The lowest BCUT2D eigenvalue weighted by molar-refractivity contribution is -0.137. The molecule has 0 radical (unpaired) electrons. The molecule has 23 heavy (non-hydrogen) atoms. The molecule has 1 aromatic heterocycles. The topological polar surface area (TPSA) is 73.7 Å². The van der Waals surface area contributed by atoms with Crippen molar-refractivity contribution in [3.63, 3.8) is 0 Å². The van der Waals surface area contributed by atoms with Gasteiger partial charge in [0.15, 0.2) is 0 Å². The fraction of sp³-hybridized carbons (Fsp3) is 0.357. The number of carbonyl (C=O) groups excluding carboxylic acids is 1. The fourth-order valence-electron chi connectivity index (χ4n) is 2.17. The Hall–Kier alpha value is -2.58. The molecule has 124 valence electrons. The van der Waals surface area contributed by atoms with Crippen molar-refractivity contribution in [1.29, 1.82) is 0 Å². The molecule has 1 amide bonds. The average molecular weight is 329 g/mol. The Balaban J connectivity index is 1.99. The maximum atomic E-state index is 12.7. The van der Waals surface area contributed by atoms with Crippen LogP contribution in [0.3, 0.4) is 0 Å². The molecular formula is C14H14F3N3O3. The zero-order valence-electron chi connectivity index (χ0n) is 12.0. The van der Waals surface area contributed by atoms with Gasteiger partial charge < -0.3 is 14.9 Å². The van der Waals surface area contributed by atoms with Crippen LogP contribution in [0.2, 0.25) is 0 Å². The van der Waals surface area contributed by atoms with E-state index in [9.17, 15) is 22.8 Å². The summed E-state index contributed by atoms with van der Waals surface area (Å²) in [7, 11) is 0. The van der Waals surface area contributed by atoms with E-state index in [1.54, 1.807) is 4.90 Å². The number of amides is 1. The van der Waals surface area contributed by atoms with Gasteiger partial charge in [0.1, 0.15) is 5.82 Å². The smallest absolute Gasteiger partial charge is 0.416 e. The zero-order chi connectivity index (χ0) is 17.0. The fourth-order valence-corrected chi connectivity index (χ4v) is 2.17. The number of pyridine rings is 1. The first kappa shape index (κ1) is 16.8. The van der Waals surface area contributed by atoms with E-state index in [-0.39, 0.29) is 18.9 Å². The molecular weight excluding hydrogens is 315 g/mol. The maximum Gasteiger partial charge on any atom is 0.416 e. The molecule has 1 aromatic rings. The minimum atomic E-state index is -4.43. The van der Waals surface area contributed by atoms with Gasteiger partial charge in [-0.2, -0.15) is 13.2 Å². The van der Waals surface area contributed by atoms with Crippen molar-refractivity contribution in [2.75, 3.05) is 31.1 Å². The molecule has 0 aromatic carbocycles. The van der Waals surface area contributed by atoms with Gasteiger partial charge in [-0.3, -0.25) is 4.79 Å². The number of halogens is 3. The van der Waals surface area contributed by atoms with Crippen LogP contribution >= 0.6 is 0 Å². The number of aliphatic carboxylic acids is 1. The Labute approximate surface area is 129 Å². The van der Waals surface area contributed by atoms with Gasteiger partial charge in [-0.05, 0) is 12.1 Å². The molecule has 1 saturated heterocycles. The van der Waals surface area contributed by atoms with Gasteiger partial charge in [-0.15, -0.1) is 0 Å². The summed E-state index contributed by atoms with van der Waals surface area (Å²) < 4.78 is 38.1. The van der Waals surface area contributed by atoms with Gasteiger partial charge in [-0.25, -0.2) is 9.78 Å². The first-order valence-electron chi connectivity index (χ1n) is 6.75. The number of hydrogen-bond donors (Lipinski definition) is 1. The number of carboxylic acid groups (broad SMARTS) is 1. The van der Waals surface area contributed by atoms with Gasteiger partial charge in [0.25, 0.3) is 0 Å². The van der Waals surface area contributed by atoms with E-state index in [0.717, 1.165) is 30.5 Å². The van der Waals surface area contributed by atoms with Crippen molar-refractivity contribution in [2.45, 2.75) is 6.18 Å². The summed E-state index contributed by atoms with van der Waals surface area (Å²) >= 11 is 0. The Kier molecular flexibility index (Phi) is 4.87. The van der Waals surface area contributed by atoms with Crippen molar-refractivity contribution >= 4 is 17.7 Å². The second-order valence-electron chi connectivity index (χ2n) is 4.88. The number of anilines is 1. The van der Waals surface area contributed by atoms with E-state index in [2.05, 4.69) is 4.98 Å². The van der Waals surface area contributed by atoms with Crippen LogP contribution in [0.25, 0.3) is 0 Å². The lowest BCUT2D eigenvalue weighted by Gasteiger charge is -2.35. The average Bonchev–Trinajstić information content (AvgIpc) is 2.52. The minimum absolute atomic E-state index is 0.202. The van der Waals surface area contributed by atoms with Crippen LogP contribution in [0, 0.1) is 0 Å². The number of rotatable bonds is 3. The lowest BCUT2D eigenvalue weighted by atomic mass is 10.2. The predicted octanol–water partition coefficient (Wildman–Crippen LogP) is 1.39. The number of aromatic nitrogens is 1. The summed E-state index contributed by atoms with van der Waals surface area (Å²) in [4.78, 5) is 29.1. The molecule has 2 heterocycles. The first-order chi connectivity index (χ1) is 10.8. The zero-order valence-corrected chi connectivity index (χ0v) is 12.0. The highest BCUT2D eigenvalue weighted by molar-refractivity contribution is 5.94. The Morgan fingerprint density at radius 1 is 1.17 bits per heavy atom. The minimum Gasteiger partial charge on any atom is -0.478 e. The normalized spacial score (nSPS) is 16.0. The SMILES string of the molecule is O=C(O)C=CC(=O)N1CCN(c2cc(C(F)(F)F)ccn2)CC1. The number of alkyl halides is 3. The summed E-state index contributed by atoms with van der Waals surface area (Å²) in [6.45, 7) is 1.20. The number of hydrogen-bond acceptors (Lipinski definition) is 4. The Morgan fingerprint density at radius 2 is 1.83 bits per heavy atom. The Morgan fingerprint density at radius 3 is 2.39 bits per heavy atom. The maximum absolute atomic E-state index is 12.7. The van der Waals surface area contributed by atoms with Gasteiger partial charge in [0.2, 0.25) is 5.91 Å². The molecule has 1 aliphatic heterocycles. The summed E-state index contributed by atoms with van der Waals surface area (Å²) in [5, 5.41) is 8.48. The second kappa shape index (κ2) is 6.67. The van der Waals surface area contributed by atoms with E-state index in [4.69, 9.17) is 5.11 Å². The largest absolute Gasteiger partial charge is 0.478 e. The third kappa shape index (κ3) is 4.44. The highest BCUT2D eigenvalue weighted by atomic mass is 19.4. The van der Waals surface area contributed by atoms with Crippen LogP contribution in [0.4, 0.5) is 19.0 Å². The molecule has 1 aliphatic rings. The van der Waals surface area contributed by atoms with Crippen molar-refractivity contribution in [1.82, 2.24) is 9.88 Å². The third-order valence-corrected chi connectivity index (χ3v) is 3.36. The monoisotopic (exact) mass is 329 g/mol. The standard InChI is InChI=1S/C14H14F3N3O3/c15-14(16,17)10-3-4-18-11(9-10)19-5-7-20(8-6-19)12(21)1-2-13(22)23/h1-4,9H,5-8H2,(H,22,23). The van der Waals surface area contributed by atoms with E-state index in [1.165, 1.54) is 4.90 Å². The van der Waals surface area contributed by atoms with Gasteiger partial charge >= 0.3 is 12.1 Å². The van der Waals surface area contributed by atoms with E-state index in [1.807, 2.05) is 0 Å². The van der Waals surface area contributed by atoms with Crippen LogP contribution < -0.4 is 4.90 Å². The quantitative estimate of drug-likeness (QED) is 0.849. The van der Waals surface area contributed by atoms with E-state index in [0.29, 0.717) is 13.1 Å². The van der Waals surface area contributed by atoms with Crippen LogP contribution in [0.5, 0.6) is 0 Å². The molecule has 0 spiro atoms. The summed E-state index contributed by atoms with van der Waals surface area (Å²) in [6.07, 6.45) is -1.62. The van der Waals surface area contributed by atoms with Crippen molar-refractivity contribution in [2.24, 2.45) is 0 Å². The van der Waals surface area contributed by atoms with Crippen LogP contribution in [-0.2, 0) is 15.8 Å². The number of carboxylic acids is 1. The molecule has 0 unspecified atom stereocenters. The van der Waals surface area contributed by atoms with Crippen molar-refractivity contribution in [3.8, 4) is 0 Å². The molecule has 2 rings (SSSR count).